The molecule has 0 aliphatic carbocycles. The molecule has 140 valence electrons. The number of tetrazole rings is 1. The minimum absolute atomic E-state index is 0.119. The summed E-state index contributed by atoms with van der Waals surface area (Å²) in [6.07, 6.45) is -0.397. The third kappa shape index (κ3) is 3.45. The van der Waals surface area contributed by atoms with Crippen LogP contribution in [0.4, 0.5) is 0 Å². The number of furan rings is 1. The van der Waals surface area contributed by atoms with E-state index in [9.17, 15) is 4.79 Å². The van der Waals surface area contributed by atoms with Crippen LogP contribution in [0.1, 0.15) is 28.0 Å². The second-order valence-electron chi connectivity index (χ2n) is 6.31. The summed E-state index contributed by atoms with van der Waals surface area (Å²) in [5.74, 6) is 1.47. The first kappa shape index (κ1) is 17.7. The first-order valence-corrected chi connectivity index (χ1v) is 8.91. The van der Waals surface area contributed by atoms with Crippen molar-refractivity contribution in [3.63, 3.8) is 0 Å². The van der Waals surface area contributed by atoms with Crippen molar-refractivity contribution in [1.82, 2.24) is 25.1 Å². The van der Waals surface area contributed by atoms with Crippen molar-refractivity contribution in [2.24, 2.45) is 7.05 Å². The molecule has 1 saturated heterocycles. The van der Waals surface area contributed by atoms with Gasteiger partial charge in [0.2, 0.25) is 5.82 Å². The lowest BCUT2D eigenvalue weighted by atomic mass is 10.1. The summed E-state index contributed by atoms with van der Waals surface area (Å²) in [5.41, 5.74) is 1.27. The molecule has 9 heteroatoms. The van der Waals surface area contributed by atoms with Crippen molar-refractivity contribution in [1.29, 1.82) is 0 Å². The SMILES string of the molecule is Cc1oc(-c2ccccc2Cl)cc1C(=O)N1CCOC(c2nnn(C)n2)C1. The minimum atomic E-state index is -0.397. The highest BCUT2D eigenvalue weighted by atomic mass is 35.5. The van der Waals surface area contributed by atoms with Crippen molar-refractivity contribution in [3.05, 3.63) is 52.5 Å². The van der Waals surface area contributed by atoms with Gasteiger partial charge in [0, 0.05) is 12.1 Å². The van der Waals surface area contributed by atoms with Crippen LogP contribution < -0.4 is 0 Å². The Hall–Kier alpha value is -2.71. The van der Waals surface area contributed by atoms with E-state index in [1.807, 2.05) is 18.2 Å². The van der Waals surface area contributed by atoms with Gasteiger partial charge in [0.05, 0.1) is 30.8 Å². The van der Waals surface area contributed by atoms with E-state index in [1.54, 1.807) is 31.0 Å². The first-order chi connectivity index (χ1) is 13.0. The normalized spacial score (nSPS) is 17.3. The Bertz CT molecular complexity index is 983. The molecule has 2 aromatic heterocycles. The van der Waals surface area contributed by atoms with Crippen molar-refractivity contribution < 1.29 is 13.9 Å². The quantitative estimate of drug-likeness (QED) is 0.686. The van der Waals surface area contributed by atoms with E-state index in [-0.39, 0.29) is 5.91 Å². The van der Waals surface area contributed by atoms with Crippen LogP contribution in [0.3, 0.4) is 0 Å². The predicted octanol–water partition coefficient (Wildman–Crippen LogP) is 2.65. The number of ether oxygens (including phenoxy) is 1. The van der Waals surface area contributed by atoms with Gasteiger partial charge in [0.15, 0.2) is 0 Å². The lowest BCUT2D eigenvalue weighted by Crippen LogP contribution is -2.42. The van der Waals surface area contributed by atoms with E-state index in [2.05, 4.69) is 15.4 Å². The number of carbonyl (C=O) groups excluding carboxylic acids is 1. The Balaban J connectivity index is 1.57. The van der Waals surface area contributed by atoms with Gasteiger partial charge in [-0.15, -0.1) is 10.2 Å². The second-order valence-corrected chi connectivity index (χ2v) is 6.72. The van der Waals surface area contributed by atoms with Gasteiger partial charge in [0.25, 0.3) is 5.91 Å². The standard InChI is InChI=1S/C18H18ClN5O3/c1-11-13(9-15(27-11)12-5-3-4-6-14(12)19)18(25)24-7-8-26-16(10-24)17-20-22-23(2)21-17/h3-6,9,16H,7-8,10H2,1-2H3. The van der Waals surface area contributed by atoms with Gasteiger partial charge in [-0.05, 0) is 30.3 Å². The van der Waals surface area contributed by atoms with E-state index in [0.29, 0.717) is 47.6 Å². The number of rotatable bonds is 3. The van der Waals surface area contributed by atoms with Crippen LogP contribution in [0.15, 0.2) is 34.7 Å². The number of morpholine rings is 1. The number of halogens is 1. The smallest absolute Gasteiger partial charge is 0.257 e. The molecular weight excluding hydrogens is 370 g/mol. The molecule has 1 aromatic carbocycles. The fraction of sp³-hybridized carbons (Fsp3) is 0.333. The molecule has 0 saturated carbocycles. The molecule has 27 heavy (non-hydrogen) atoms. The lowest BCUT2D eigenvalue weighted by Gasteiger charge is -2.31. The second kappa shape index (κ2) is 7.13. The van der Waals surface area contributed by atoms with Gasteiger partial charge in [-0.3, -0.25) is 4.79 Å². The Morgan fingerprint density at radius 2 is 2.15 bits per heavy atom. The number of benzene rings is 1. The Morgan fingerprint density at radius 3 is 2.89 bits per heavy atom. The highest BCUT2D eigenvalue weighted by molar-refractivity contribution is 6.33. The molecule has 1 atom stereocenters. The van der Waals surface area contributed by atoms with Crippen molar-refractivity contribution in [2.45, 2.75) is 13.0 Å². The van der Waals surface area contributed by atoms with Crippen LogP contribution in [0.2, 0.25) is 5.02 Å². The largest absolute Gasteiger partial charge is 0.460 e. The molecule has 1 amide bonds. The summed E-state index contributed by atoms with van der Waals surface area (Å²) >= 11 is 6.24. The number of carbonyl (C=O) groups is 1. The van der Waals surface area contributed by atoms with E-state index in [1.165, 1.54) is 4.80 Å². The Kier molecular flexibility index (Phi) is 4.67. The maximum absolute atomic E-state index is 13.0. The van der Waals surface area contributed by atoms with Gasteiger partial charge in [-0.1, -0.05) is 23.7 Å². The van der Waals surface area contributed by atoms with Gasteiger partial charge < -0.3 is 14.1 Å². The summed E-state index contributed by atoms with van der Waals surface area (Å²) in [5, 5.41) is 12.6. The van der Waals surface area contributed by atoms with Gasteiger partial charge in [-0.25, -0.2) is 0 Å². The van der Waals surface area contributed by atoms with Gasteiger partial charge in [-0.2, -0.15) is 4.80 Å². The van der Waals surface area contributed by atoms with Crippen LogP contribution in [-0.2, 0) is 11.8 Å². The number of nitrogens with zero attached hydrogens (tertiary/aromatic N) is 5. The van der Waals surface area contributed by atoms with Crippen LogP contribution in [0, 0.1) is 6.92 Å². The zero-order chi connectivity index (χ0) is 19.0. The fourth-order valence-corrected chi connectivity index (χ4v) is 3.30. The molecule has 0 spiro atoms. The van der Waals surface area contributed by atoms with Crippen molar-refractivity contribution >= 4 is 17.5 Å². The maximum Gasteiger partial charge on any atom is 0.257 e. The van der Waals surface area contributed by atoms with E-state index in [0.717, 1.165) is 5.56 Å². The van der Waals surface area contributed by atoms with Crippen molar-refractivity contribution in [3.8, 4) is 11.3 Å². The molecule has 0 bridgehead atoms. The highest BCUT2D eigenvalue weighted by Crippen LogP contribution is 2.32. The number of hydrogen-bond acceptors (Lipinski definition) is 6. The number of amides is 1. The fourth-order valence-electron chi connectivity index (χ4n) is 3.08. The van der Waals surface area contributed by atoms with E-state index < -0.39 is 6.10 Å². The topological polar surface area (TPSA) is 86.3 Å². The zero-order valence-corrected chi connectivity index (χ0v) is 15.7. The molecule has 1 aliphatic heterocycles. The summed E-state index contributed by atoms with van der Waals surface area (Å²) < 4.78 is 11.5. The lowest BCUT2D eigenvalue weighted by molar-refractivity contribution is -0.0269. The van der Waals surface area contributed by atoms with E-state index >= 15 is 0 Å². The molecule has 1 fully saturated rings. The van der Waals surface area contributed by atoms with Crippen LogP contribution in [0.25, 0.3) is 11.3 Å². The molecule has 1 unspecified atom stereocenters. The minimum Gasteiger partial charge on any atom is -0.460 e. The van der Waals surface area contributed by atoms with Gasteiger partial charge in [0.1, 0.15) is 17.6 Å². The number of aryl methyl sites for hydroxylation is 2. The third-order valence-corrected chi connectivity index (χ3v) is 4.78. The molecule has 8 nitrogen and oxygen atoms in total. The summed E-state index contributed by atoms with van der Waals surface area (Å²) in [6.45, 7) is 3.02. The summed E-state index contributed by atoms with van der Waals surface area (Å²) in [7, 11) is 1.69. The van der Waals surface area contributed by atoms with Crippen LogP contribution in [0.5, 0.6) is 0 Å². The zero-order valence-electron chi connectivity index (χ0n) is 14.9. The molecule has 0 radical (unpaired) electrons. The van der Waals surface area contributed by atoms with Crippen LogP contribution >= 0.6 is 11.6 Å². The molecule has 3 aromatic rings. The first-order valence-electron chi connectivity index (χ1n) is 8.53. The average molecular weight is 388 g/mol. The molecule has 4 rings (SSSR count). The number of aromatic nitrogens is 4. The van der Waals surface area contributed by atoms with Crippen LogP contribution in [-0.4, -0.2) is 50.7 Å². The average Bonchev–Trinajstić information content (AvgIpc) is 3.27. The highest BCUT2D eigenvalue weighted by Gasteiger charge is 2.30. The maximum atomic E-state index is 13.0. The Morgan fingerprint density at radius 1 is 1.33 bits per heavy atom. The Labute approximate surface area is 160 Å². The predicted molar refractivity (Wildman–Crippen MR) is 97.3 cm³/mol. The third-order valence-electron chi connectivity index (χ3n) is 4.45. The summed E-state index contributed by atoms with van der Waals surface area (Å²) in [4.78, 5) is 16.1. The molecule has 3 heterocycles. The monoisotopic (exact) mass is 387 g/mol. The summed E-state index contributed by atoms with van der Waals surface area (Å²) in [6, 6.07) is 9.11. The molecule has 0 N–H and O–H groups in total. The molecular formula is C18H18ClN5O3. The van der Waals surface area contributed by atoms with E-state index in [4.69, 9.17) is 20.8 Å². The van der Waals surface area contributed by atoms with Crippen molar-refractivity contribution in [2.75, 3.05) is 19.7 Å². The number of hydrogen-bond donors (Lipinski definition) is 0. The van der Waals surface area contributed by atoms with Gasteiger partial charge >= 0.3 is 0 Å². The molecule has 1 aliphatic rings.